The van der Waals surface area contributed by atoms with Crippen LogP contribution >= 0.6 is 0 Å². The van der Waals surface area contributed by atoms with Crippen LogP contribution in [-0.4, -0.2) is 25.4 Å². The van der Waals surface area contributed by atoms with Crippen molar-refractivity contribution in [1.82, 2.24) is 0 Å². The molecule has 0 unspecified atom stereocenters. The minimum atomic E-state index is -0.908. The van der Waals surface area contributed by atoms with Crippen molar-refractivity contribution >= 4 is 11.7 Å². The van der Waals surface area contributed by atoms with Crippen LogP contribution in [0.4, 0.5) is 10.5 Å². The zero-order chi connectivity index (χ0) is 17.7. The molecule has 0 fully saturated rings. The van der Waals surface area contributed by atoms with Gasteiger partial charge in [-0.2, -0.15) is 0 Å². The lowest BCUT2D eigenvalue weighted by atomic mass is 9.92. The second kappa shape index (κ2) is 7.45. The Morgan fingerprint density at radius 1 is 1.17 bits per heavy atom. The van der Waals surface area contributed by atoms with Gasteiger partial charge in [-0.25, -0.2) is 4.79 Å². The minimum absolute atomic E-state index is 0.0631. The molecule has 2 amide bonds. The third kappa shape index (κ3) is 3.81. The van der Waals surface area contributed by atoms with Crippen LogP contribution in [0.2, 0.25) is 0 Å². The lowest BCUT2D eigenvalue weighted by molar-refractivity contribution is 0.255. The molecular formula is C17H19N3O4. The summed E-state index contributed by atoms with van der Waals surface area (Å²) in [6.45, 7) is 1.94. The van der Waals surface area contributed by atoms with Crippen molar-refractivity contribution in [2.75, 3.05) is 14.2 Å². The molecule has 0 bridgehead atoms. The van der Waals surface area contributed by atoms with Crippen molar-refractivity contribution in [3.8, 4) is 17.2 Å². The summed E-state index contributed by atoms with van der Waals surface area (Å²) < 4.78 is 10.3. The van der Waals surface area contributed by atoms with Crippen LogP contribution in [0.3, 0.4) is 0 Å². The Hall–Kier alpha value is -3.09. The third-order valence-corrected chi connectivity index (χ3v) is 3.67. The van der Waals surface area contributed by atoms with E-state index in [1.54, 1.807) is 13.2 Å². The molecule has 0 aromatic heterocycles. The highest BCUT2D eigenvalue weighted by atomic mass is 16.5. The maximum Gasteiger partial charge on any atom is 0.356 e. The maximum absolute atomic E-state index is 10.8. The number of hydrogen-bond acceptors (Lipinski definition) is 5. The normalized spacial score (nSPS) is 12.1. The number of phenols is 1. The number of primary amides is 1. The van der Waals surface area contributed by atoms with Crippen LogP contribution in [-0.2, 0) is 0 Å². The predicted molar refractivity (Wildman–Crippen MR) is 89.3 cm³/mol. The van der Waals surface area contributed by atoms with Crippen molar-refractivity contribution in [3.63, 3.8) is 0 Å². The number of phenolic OH excluding ortho intramolecular Hbond substituents is 1. The molecule has 24 heavy (non-hydrogen) atoms. The van der Waals surface area contributed by atoms with Gasteiger partial charge >= 0.3 is 6.03 Å². The molecule has 2 aromatic rings. The number of carbonyl (C=O) groups is 1. The van der Waals surface area contributed by atoms with E-state index in [2.05, 4.69) is 10.2 Å². The number of nitrogens with zero attached hydrogens (tertiary/aromatic N) is 2. The first-order valence-corrected chi connectivity index (χ1v) is 7.22. The topological polar surface area (TPSA) is 106 Å². The summed E-state index contributed by atoms with van der Waals surface area (Å²) in [5.74, 6) is 0.988. The van der Waals surface area contributed by atoms with E-state index in [4.69, 9.17) is 15.2 Å². The molecule has 0 heterocycles. The molecule has 0 spiro atoms. The number of carbonyl (C=O) groups excluding carboxylic acids is 1. The predicted octanol–water partition coefficient (Wildman–Crippen LogP) is 3.72. The van der Waals surface area contributed by atoms with Crippen LogP contribution in [0.5, 0.6) is 17.2 Å². The van der Waals surface area contributed by atoms with Crippen molar-refractivity contribution in [1.29, 1.82) is 0 Å². The number of urea groups is 1. The molecule has 7 nitrogen and oxygen atoms in total. The first kappa shape index (κ1) is 17.3. The standard InChI is InChI=1S/C17H19N3O4/c1-10(11-4-6-12(23-2)7-5-11)13-8-14(19-20-17(18)22)16(24-3)9-15(13)21/h4-10,21H,1-3H3,(H2,18,22)/t10-/m0/s1. The second-order valence-electron chi connectivity index (χ2n) is 5.12. The first-order chi connectivity index (χ1) is 11.5. The average Bonchev–Trinajstić information content (AvgIpc) is 2.59. The van der Waals surface area contributed by atoms with Gasteiger partial charge in [-0.1, -0.05) is 24.2 Å². The van der Waals surface area contributed by atoms with Crippen LogP contribution < -0.4 is 15.2 Å². The number of ether oxygens (including phenoxy) is 2. The van der Waals surface area contributed by atoms with E-state index in [1.165, 1.54) is 13.2 Å². The molecule has 2 aromatic carbocycles. The number of azo groups is 1. The number of rotatable bonds is 5. The molecule has 1 atom stereocenters. The monoisotopic (exact) mass is 329 g/mol. The number of amides is 2. The lowest BCUT2D eigenvalue weighted by Crippen LogP contribution is -2.02. The van der Waals surface area contributed by atoms with E-state index in [1.807, 2.05) is 31.2 Å². The average molecular weight is 329 g/mol. The largest absolute Gasteiger partial charge is 0.508 e. The fourth-order valence-corrected chi connectivity index (χ4v) is 2.34. The summed E-state index contributed by atoms with van der Waals surface area (Å²) in [7, 11) is 3.04. The molecule has 7 heteroatoms. The SMILES string of the molecule is COc1ccc([C@H](C)c2cc(N=NC(N)=O)c(OC)cc2O)cc1. The minimum Gasteiger partial charge on any atom is -0.508 e. The van der Waals surface area contributed by atoms with Crippen LogP contribution in [0.15, 0.2) is 46.6 Å². The van der Waals surface area contributed by atoms with Crippen molar-refractivity contribution in [2.24, 2.45) is 16.0 Å². The van der Waals surface area contributed by atoms with Gasteiger partial charge in [-0.15, -0.1) is 5.11 Å². The highest BCUT2D eigenvalue weighted by Gasteiger charge is 2.17. The molecule has 0 saturated carbocycles. The molecular weight excluding hydrogens is 310 g/mol. The molecule has 0 aliphatic rings. The Kier molecular flexibility index (Phi) is 5.36. The van der Waals surface area contributed by atoms with E-state index in [0.29, 0.717) is 17.0 Å². The van der Waals surface area contributed by atoms with E-state index in [9.17, 15) is 9.90 Å². The fraction of sp³-hybridized carbons (Fsp3) is 0.235. The highest BCUT2D eigenvalue weighted by molar-refractivity contribution is 5.72. The van der Waals surface area contributed by atoms with Crippen molar-refractivity contribution in [2.45, 2.75) is 12.8 Å². The molecule has 2 rings (SSSR count). The zero-order valence-electron chi connectivity index (χ0n) is 13.7. The smallest absolute Gasteiger partial charge is 0.356 e. The highest BCUT2D eigenvalue weighted by Crippen LogP contribution is 2.40. The summed E-state index contributed by atoms with van der Waals surface area (Å²) in [5.41, 5.74) is 6.89. The van der Waals surface area contributed by atoms with E-state index < -0.39 is 6.03 Å². The lowest BCUT2D eigenvalue weighted by Gasteiger charge is -2.16. The van der Waals surface area contributed by atoms with Gasteiger partial charge in [0.15, 0.2) is 0 Å². The summed E-state index contributed by atoms with van der Waals surface area (Å²) in [4.78, 5) is 10.8. The van der Waals surface area contributed by atoms with Gasteiger partial charge in [0.05, 0.1) is 14.2 Å². The Morgan fingerprint density at radius 2 is 1.83 bits per heavy atom. The summed E-state index contributed by atoms with van der Waals surface area (Å²) >= 11 is 0. The molecule has 3 N–H and O–H groups in total. The Bertz CT molecular complexity index is 757. The second-order valence-corrected chi connectivity index (χ2v) is 5.12. The van der Waals surface area contributed by atoms with E-state index in [0.717, 1.165) is 11.3 Å². The number of hydrogen-bond donors (Lipinski definition) is 2. The number of aromatic hydroxyl groups is 1. The van der Waals surface area contributed by atoms with Gasteiger partial charge in [0.2, 0.25) is 0 Å². The van der Waals surface area contributed by atoms with E-state index in [-0.39, 0.29) is 11.7 Å². The van der Waals surface area contributed by atoms with E-state index >= 15 is 0 Å². The van der Waals surface area contributed by atoms with Crippen molar-refractivity contribution < 1.29 is 19.4 Å². The summed E-state index contributed by atoms with van der Waals surface area (Å²) in [6.07, 6.45) is 0. The number of benzene rings is 2. The van der Waals surface area contributed by atoms with Gasteiger partial charge in [0.25, 0.3) is 0 Å². The number of nitrogens with two attached hydrogens (primary N) is 1. The van der Waals surface area contributed by atoms with Crippen LogP contribution in [0, 0.1) is 0 Å². The molecule has 0 aliphatic heterocycles. The quantitative estimate of drug-likeness (QED) is 0.815. The first-order valence-electron chi connectivity index (χ1n) is 7.22. The summed E-state index contributed by atoms with van der Waals surface area (Å²) in [6, 6.07) is 9.67. The van der Waals surface area contributed by atoms with Crippen molar-refractivity contribution in [3.05, 3.63) is 47.5 Å². The van der Waals surface area contributed by atoms with Gasteiger partial charge in [0.1, 0.15) is 22.9 Å². The summed E-state index contributed by atoms with van der Waals surface area (Å²) in [5, 5.41) is 17.4. The molecule has 0 saturated heterocycles. The van der Waals surface area contributed by atoms with Gasteiger partial charge in [-0.05, 0) is 23.8 Å². The Labute approximate surface area is 139 Å². The number of methoxy groups -OCH3 is 2. The Balaban J connectivity index is 2.44. The van der Waals surface area contributed by atoms with Gasteiger partial charge in [-0.3, -0.25) is 0 Å². The fourth-order valence-electron chi connectivity index (χ4n) is 2.34. The van der Waals surface area contributed by atoms with Crippen LogP contribution in [0.1, 0.15) is 24.0 Å². The molecule has 126 valence electrons. The van der Waals surface area contributed by atoms with Gasteiger partial charge in [0, 0.05) is 17.5 Å². The third-order valence-electron chi connectivity index (χ3n) is 3.67. The maximum atomic E-state index is 10.8. The van der Waals surface area contributed by atoms with Gasteiger partial charge < -0.3 is 20.3 Å². The Morgan fingerprint density at radius 3 is 2.38 bits per heavy atom. The zero-order valence-corrected chi connectivity index (χ0v) is 13.7. The molecule has 0 aliphatic carbocycles. The molecule has 0 radical (unpaired) electrons. The van der Waals surface area contributed by atoms with Crippen LogP contribution in [0.25, 0.3) is 0 Å².